The zero-order valence-corrected chi connectivity index (χ0v) is 11.0. The van der Waals surface area contributed by atoms with E-state index in [0.717, 1.165) is 6.54 Å². The van der Waals surface area contributed by atoms with Crippen LogP contribution in [0.25, 0.3) is 0 Å². The van der Waals surface area contributed by atoms with Crippen molar-refractivity contribution < 1.29 is 0 Å². The van der Waals surface area contributed by atoms with Gasteiger partial charge in [0.2, 0.25) is 0 Å². The average Bonchev–Trinajstić information content (AvgIpc) is 2.23. The first-order valence-electron chi connectivity index (χ1n) is 5.41. The van der Waals surface area contributed by atoms with Crippen molar-refractivity contribution in [3.63, 3.8) is 0 Å². The molecule has 0 bridgehead atoms. The Labute approximate surface area is 95.0 Å². The topological polar surface area (TPSA) is 3.24 Å². The van der Waals surface area contributed by atoms with Crippen molar-refractivity contribution >= 4 is 21.2 Å². The van der Waals surface area contributed by atoms with Gasteiger partial charge in [-0.25, -0.2) is 0 Å². The van der Waals surface area contributed by atoms with Gasteiger partial charge in [-0.15, -0.1) is 0 Å². The van der Waals surface area contributed by atoms with E-state index >= 15 is 0 Å². The van der Waals surface area contributed by atoms with E-state index in [0.29, 0.717) is 0 Å². The van der Waals surface area contributed by atoms with Crippen molar-refractivity contribution in [1.29, 1.82) is 0 Å². The summed E-state index contributed by atoms with van der Waals surface area (Å²) in [7, 11) is 0. The molecule has 1 fully saturated rings. The third-order valence-corrected chi connectivity index (χ3v) is 3.64. The van der Waals surface area contributed by atoms with Crippen LogP contribution in [0.1, 0.15) is 24.8 Å². The van der Waals surface area contributed by atoms with E-state index in [1.165, 1.54) is 42.3 Å². The quantitative estimate of drug-likeness (QED) is 0.707. The molecule has 1 aliphatic rings. The first kappa shape index (κ1) is 10.3. The van der Waals surface area contributed by atoms with Crippen molar-refractivity contribution in [3.05, 3.63) is 29.8 Å². The molecule has 2 heteroatoms. The third-order valence-electron chi connectivity index (χ3n) is 2.83. The molecule has 1 aliphatic heterocycles. The van der Waals surface area contributed by atoms with Crippen molar-refractivity contribution in [2.24, 2.45) is 0 Å². The van der Waals surface area contributed by atoms with E-state index in [2.05, 4.69) is 29.2 Å². The minimum atomic E-state index is 1.15. The van der Waals surface area contributed by atoms with Crippen LogP contribution in [0.2, 0.25) is 0 Å². The number of piperidine rings is 1. The molecule has 0 radical (unpaired) electrons. The zero-order valence-electron chi connectivity index (χ0n) is 8.58. The fourth-order valence-corrected chi connectivity index (χ4v) is 2.40. The third kappa shape index (κ3) is 2.86. The SMILES string of the molecule is [AsH2]c1ccc(CN2CCCCC2)cc1. The van der Waals surface area contributed by atoms with E-state index < -0.39 is 0 Å². The molecule has 0 N–H and O–H groups in total. The standard InChI is InChI=1S/C12H18AsN/c13-12-6-4-11(5-7-12)10-14-8-2-1-3-9-14/h4-7H,1-3,8-10,13H2. The van der Waals surface area contributed by atoms with Crippen LogP contribution < -0.4 is 4.35 Å². The Morgan fingerprint density at radius 3 is 2.29 bits per heavy atom. The molecule has 0 spiro atoms. The predicted octanol–water partition coefficient (Wildman–Crippen LogP) is 0.931. The Morgan fingerprint density at radius 1 is 1.00 bits per heavy atom. The second-order valence-corrected chi connectivity index (χ2v) is 5.48. The fraction of sp³-hybridized carbons (Fsp3) is 0.500. The summed E-state index contributed by atoms with van der Waals surface area (Å²) in [4.78, 5) is 2.57. The van der Waals surface area contributed by atoms with Gasteiger partial charge in [0, 0.05) is 0 Å². The fourth-order valence-electron chi connectivity index (χ4n) is 2.00. The van der Waals surface area contributed by atoms with Crippen LogP contribution in [0.3, 0.4) is 0 Å². The molecule has 1 nitrogen and oxygen atoms in total. The van der Waals surface area contributed by atoms with Gasteiger partial charge >= 0.3 is 94.8 Å². The molecule has 1 aromatic rings. The molecule has 2 rings (SSSR count). The van der Waals surface area contributed by atoms with Crippen molar-refractivity contribution in [3.8, 4) is 0 Å². The van der Waals surface area contributed by atoms with Crippen molar-refractivity contribution in [1.82, 2.24) is 4.90 Å². The molecule has 1 aromatic carbocycles. The molecule has 1 unspecified atom stereocenters. The van der Waals surface area contributed by atoms with Gasteiger partial charge in [-0.05, 0) is 0 Å². The van der Waals surface area contributed by atoms with Crippen molar-refractivity contribution in [2.45, 2.75) is 25.8 Å². The van der Waals surface area contributed by atoms with Gasteiger partial charge in [0.1, 0.15) is 0 Å². The van der Waals surface area contributed by atoms with E-state index in [9.17, 15) is 0 Å². The number of likely N-dealkylation sites (tertiary alicyclic amines) is 1. The number of benzene rings is 1. The van der Waals surface area contributed by atoms with Gasteiger partial charge in [-0.3, -0.25) is 0 Å². The Hall–Kier alpha value is -0.262. The summed E-state index contributed by atoms with van der Waals surface area (Å²) in [6.07, 6.45) is 4.19. The van der Waals surface area contributed by atoms with Crippen LogP contribution in [0, 0.1) is 0 Å². The molecule has 0 aromatic heterocycles. The first-order valence-corrected chi connectivity index (χ1v) is 6.62. The molecule has 0 amide bonds. The van der Waals surface area contributed by atoms with Gasteiger partial charge in [-0.1, -0.05) is 0 Å². The van der Waals surface area contributed by atoms with Crippen LogP contribution in [-0.4, -0.2) is 34.8 Å². The molecule has 0 saturated carbocycles. The van der Waals surface area contributed by atoms with Crippen molar-refractivity contribution in [2.75, 3.05) is 13.1 Å². The van der Waals surface area contributed by atoms with E-state index in [-0.39, 0.29) is 0 Å². The number of nitrogens with zero attached hydrogens (tertiary/aromatic N) is 1. The van der Waals surface area contributed by atoms with Crippen LogP contribution in [0.5, 0.6) is 0 Å². The van der Waals surface area contributed by atoms with Gasteiger partial charge in [-0.2, -0.15) is 0 Å². The normalized spacial score (nSPS) is 18.4. The van der Waals surface area contributed by atoms with Crippen LogP contribution >= 0.6 is 0 Å². The van der Waals surface area contributed by atoms with Gasteiger partial charge in [0.25, 0.3) is 0 Å². The van der Waals surface area contributed by atoms with Gasteiger partial charge in [0.15, 0.2) is 0 Å². The predicted molar refractivity (Wildman–Crippen MR) is 63.7 cm³/mol. The Kier molecular flexibility index (Phi) is 3.66. The summed E-state index contributed by atoms with van der Waals surface area (Å²) in [6, 6.07) is 9.01. The molecule has 1 saturated heterocycles. The first-order chi connectivity index (χ1) is 6.84. The molecule has 76 valence electrons. The number of rotatable bonds is 2. The molecular formula is C12H18AsN. The second-order valence-electron chi connectivity index (χ2n) is 4.08. The summed E-state index contributed by atoms with van der Waals surface area (Å²) in [5, 5.41) is 0. The Morgan fingerprint density at radius 2 is 1.64 bits per heavy atom. The van der Waals surface area contributed by atoms with Gasteiger partial charge < -0.3 is 0 Å². The summed E-state index contributed by atoms with van der Waals surface area (Å²) < 4.78 is 1.42. The van der Waals surface area contributed by atoms with E-state index in [1.54, 1.807) is 16.9 Å². The summed E-state index contributed by atoms with van der Waals surface area (Å²) in [6.45, 7) is 3.73. The summed E-state index contributed by atoms with van der Waals surface area (Å²) in [5.74, 6) is 0. The molecule has 1 heterocycles. The second kappa shape index (κ2) is 5.00. The molecule has 1 atom stereocenters. The number of hydrogen-bond donors (Lipinski definition) is 0. The summed E-state index contributed by atoms with van der Waals surface area (Å²) >= 11 is 1.71. The number of hydrogen-bond acceptors (Lipinski definition) is 1. The van der Waals surface area contributed by atoms with E-state index in [4.69, 9.17) is 0 Å². The van der Waals surface area contributed by atoms with Crippen LogP contribution in [0.4, 0.5) is 0 Å². The monoisotopic (exact) mass is 251 g/mol. The average molecular weight is 251 g/mol. The molecule has 0 aliphatic carbocycles. The zero-order chi connectivity index (χ0) is 9.80. The van der Waals surface area contributed by atoms with E-state index in [1.807, 2.05) is 0 Å². The molecule has 14 heavy (non-hydrogen) atoms. The van der Waals surface area contributed by atoms with Crippen LogP contribution in [0.15, 0.2) is 24.3 Å². The van der Waals surface area contributed by atoms with Crippen LogP contribution in [-0.2, 0) is 6.54 Å². The molecular weight excluding hydrogens is 233 g/mol. The Bertz CT molecular complexity index is 275. The minimum absolute atomic E-state index is 1.15. The summed E-state index contributed by atoms with van der Waals surface area (Å²) in [5.41, 5.74) is 1.47. The Balaban J connectivity index is 1.92. The maximum atomic E-state index is 2.57. The van der Waals surface area contributed by atoms with Gasteiger partial charge in [0.05, 0.1) is 0 Å². The maximum absolute atomic E-state index is 2.57.